The van der Waals surface area contributed by atoms with Gasteiger partial charge in [0.1, 0.15) is 19.8 Å². The van der Waals surface area contributed by atoms with Crippen LogP contribution in [0, 0.1) is 0 Å². The van der Waals surface area contributed by atoms with Crippen LogP contribution >= 0.6 is 11.6 Å². The fourth-order valence-electron chi connectivity index (χ4n) is 2.16. The van der Waals surface area contributed by atoms with Gasteiger partial charge in [0.15, 0.2) is 11.5 Å². The van der Waals surface area contributed by atoms with Crippen LogP contribution in [0.25, 0.3) is 6.08 Å². The largest absolute Gasteiger partial charge is 0.486 e. The smallest absolute Gasteiger partial charge is 0.331 e. The number of carbonyl (C=O) groups is 1. The number of fused-ring (bicyclic) bond motifs is 1. The van der Waals surface area contributed by atoms with Crippen LogP contribution in [0.1, 0.15) is 11.1 Å². The van der Waals surface area contributed by atoms with Gasteiger partial charge < -0.3 is 14.2 Å². The molecule has 0 unspecified atom stereocenters. The van der Waals surface area contributed by atoms with Gasteiger partial charge in [-0.25, -0.2) is 4.79 Å². The molecule has 0 radical (unpaired) electrons. The molecular formula is C18H15ClO4. The van der Waals surface area contributed by atoms with Gasteiger partial charge in [0.25, 0.3) is 0 Å². The average molecular weight is 331 g/mol. The third-order valence-corrected chi connectivity index (χ3v) is 3.48. The number of ether oxygens (including phenoxy) is 3. The molecule has 1 aliphatic heterocycles. The summed E-state index contributed by atoms with van der Waals surface area (Å²) in [7, 11) is 0. The molecular weight excluding hydrogens is 316 g/mol. The first kappa shape index (κ1) is 15.4. The van der Waals surface area contributed by atoms with Gasteiger partial charge in [0.05, 0.1) is 0 Å². The second-order valence-corrected chi connectivity index (χ2v) is 5.41. The van der Waals surface area contributed by atoms with Crippen molar-refractivity contribution < 1.29 is 19.0 Å². The fraction of sp³-hybridized carbons (Fsp3) is 0.167. The molecule has 2 aromatic carbocycles. The summed E-state index contributed by atoms with van der Waals surface area (Å²) in [6, 6.07) is 12.7. The monoisotopic (exact) mass is 330 g/mol. The molecule has 1 aliphatic rings. The zero-order valence-electron chi connectivity index (χ0n) is 12.3. The minimum atomic E-state index is -0.417. The number of hydrogen-bond acceptors (Lipinski definition) is 4. The van der Waals surface area contributed by atoms with E-state index < -0.39 is 5.97 Å². The summed E-state index contributed by atoms with van der Waals surface area (Å²) in [6.45, 7) is 1.27. The maximum absolute atomic E-state index is 11.8. The van der Waals surface area contributed by atoms with Crippen molar-refractivity contribution in [1.82, 2.24) is 0 Å². The molecule has 4 nitrogen and oxygen atoms in total. The van der Waals surface area contributed by atoms with E-state index in [-0.39, 0.29) is 6.61 Å². The second kappa shape index (κ2) is 7.20. The van der Waals surface area contributed by atoms with Crippen LogP contribution in [0.4, 0.5) is 0 Å². The molecule has 3 rings (SSSR count). The van der Waals surface area contributed by atoms with Crippen LogP contribution in [-0.2, 0) is 16.1 Å². The highest BCUT2D eigenvalue weighted by Gasteiger charge is 2.10. The molecule has 0 saturated heterocycles. The van der Waals surface area contributed by atoms with Crippen LogP contribution < -0.4 is 9.47 Å². The summed E-state index contributed by atoms with van der Waals surface area (Å²) in [5.74, 6) is 0.988. The van der Waals surface area contributed by atoms with E-state index in [1.165, 1.54) is 6.08 Å². The Hall–Kier alpha value is -2.46. The van der Waals surface area contributed by atoms with E-state index in [9.17, 15) is 4.79 Å². The van der Waals surface area contributed by atoms with Gasteiger partial charge in [-0.05, 0) is 41.5 Å². The first-order chi connectivity index (χ1) is 11.2. The highest BCUT2D eigenvalue weighted by atomic mass is 35.5. The van der Waals surface area contributed by atoms with Crippen molar-refractivity contribution >= 4 is 23.6 Å². The second-order valence-electron chi connectivity index (χ2n) is 4.97. The van der Waals surface area contributed by atoms with E-state index in [1.807, 2.05) is 30.3 Å². The number of halogens is 1. The summed E-state index contributed by atoms with van der Waals surface area (Å²) in [5, 5.41) is 0.616. The Labute approximate surface area is 139 Å². The van der Waals surface area contributed by atoms with Crippen molar-refractivity contribution in [1.29, 1.82) is 0 Å². The lowest BCUT2D eigenvalue weighted by atomic mass is 10.2. The Morgan fingerprint density at radius 2 is 1.96 bits per heavy atom. The van der Waals surface area contributed by atoms with Crippen molar-refractivity contribution in [2.24, 2.45) is 0 Å². The number of rotatable bonds is 4. The third-order valence-electron chi connectivity index (χ3n) is 3.25. The first-order valence-corrected chi connectivity index (χ1v) is 7.57. The highest BCUT2D eigenvalue weighted by Crippen LogP contribution is 2.31. The summed E-state index contributed by atoms with van der Waals surface area (Å²) >= 11 is 5.88. The van der Waals surface area contributed by atoms with E-state index in [0.717, 1.165) is 16.9 Å². The Kier molecular flexibility index (Phi) is 4.83. The maximum atomic E-state index is 11.8. The van der Waals surface area contributed by atoms with Crippen LogP contribution in [-0.4, -0.2) is 19.2 Å². The van der Waals surface area contributed by atoms with Crippen molar-refractivity contribution in [3.05, 3.63) is 64.7 Å². The number of benzene rings is 2. The molecule has 0 spiro atoms. The van der Waals surface area contributed by atoms with E-state index in [4.69, 9.17) is 25.8 Å². The van der Waals surface area contributed by atoms with Crippen LogP contribution in [0.5, 0.6) is 11.5 Å². The van der Waals surface area contributed by atoms with Gasteiger partial charge >= 0.3 is 5.97 Å². The molecule has 118 valence electrons. The van der Waals surface area contributed by atoms with E-state index in [1.54, 1.807) is 18.2 Å². The summed E-state index contributed by atoms with van der Waals surface area (Å²) in [4.78, 5) is 11.8. The molecule has 0 aromatic heterocycles. The van der Waals surface area contributed by atoms with E-state index >= 15 is 0 Å². The lowest BCUT2D eigenvalue weighted by Gasteiger charge is -2.18. The molecule has 5 heteroatoms. The fourth-order valence-corrected chi connectivity index (χ4v) is 2.37. The summed E-state index contributed by atoms with van der Waals surface area (Å²) in [5.41, 5.74) is 1.69. The van der Waals surface area contributed by atoms with Crippen LogP contribution in [0.3, 0.4) is 0 Å². The SMILES string of the molecule is O=C(/C=C/c1ccc2c(c1)OCCO2)OCc1cccc(Cl)c1. The van der Waals surface area contributed by atoms with Gasteiger partial charge in [0, 0.05) is 11.1 Å². The number of esters is 1. The average Bonchev–Trinajstić information content (AvgIpc) is 2.58. The minimum Gasteiger partial charge on any atom is -0.486 e. The molecule has 0 aliphatic carbocycles. The normalized spacial score (nSPS) is 13.1. The molecule has 0 bridgehead atoms. The van der Waals surface area contributed by atoms with Gasteiger partial charge in [0.2, 0.25) is 0 Å². The Morgan fingerprint density at radius 1 is 1.13 bits per heavy atom. The quantitative estimate of drug-likeness (QED) is 0.630. The Bertz CT molecular complexity index is 740. The maximum Gasteiger partial charge on any atom is 0.331 e. The standard InChI is InChI=1S/C18H15ClO4/c19-15-3-1-2-14(10-15)12-23-18(20)7-5-13-4-6-16-17(11-13)22-9-8-21-16/h1-7,10-11H,8-9,12H2/b7-5+. The van der Waals surface area contributed by atoms with Crippen molar-refractivity contribution in [3.63, 3.8) is 0 Å². The van der Waals surface area contributed by atoms with Crippen molar-refractivity contribution in [2.75, 3.05) is 13.2 Å². The predicted molar refractivity (Wildman–Crippen MR) is 87.7 cm³/mol. The number of carbonyl (C=O) groups excluding carboxylic acids is 1. The molecule has 0 amide bonds. The van der Waals surface area contributed by atoms with Crippen molar-refractivity contribution in [2.45, 2.75) is 6.61 Å². The molecule has 0 saturated carbocycles. The molecule has 0 fully saturated rings. The van der Waals surface area contributed by atoms with Crippen molar-refractivity contribution in [3.8, 4) is 11.5 Å². The third kappa shape index (κ3) is 4.27. The number of hydrogen-bond donors (Lipinski definition) is 0. The van der Waals surface area contributed by atoms with Gasteiger partial charge in [-0.2, -0.15) is 0 Å². The van der Waals surface area contributed by atoms with Gasteiger partial charge in [-0.3, -0.25) is 0 Å². The zero-order chi connectivity index (χ0) is 16.1. The van der Waals surface area contributed by atoms with Gasteiger partial charge in [-0.1, -0.05) is 29.8 Å². The Morgan fingerprint density at radius 3 is 2.78 bits per heavy atom. The Balaban J connectivity index is 1.58. The summed E-state index contributed by atoms with van der Waals surface area (Å²) < 4.78 is 16.1. The minimum absolute atomic E-state index is 0.185. The van der Waals surface area contributed by atoms with Crippen LogP contribution in [0.2, 0.25) is 5.02 Å². The summed E-state index contributed by atoms with van der Waals surface area (Å²) in [6.07, 6.45) is 3.06. The van der Waals surface area contributed by atoms with Gasteiger partial charge in [-0.15, -0.1) is 0 Å². The molecule has 0 N–H and O–H groups in total. The highest BCUT2D eigenvalue weighted by molar-refractivity contribution is 6.30. The zero-order valence-corrected chi connectivity index (χ0v) is 13.1. The molecule has 1 heterocycles. The molecule has 0 atom stereocenters. The molecule has 23 heavy (non-hydrogen) atoms. The lowest BCUT2D eigenvalue weighted by molar-refractivity contribution is -0.138. The first-order valence-electron chi connectivity index (χ1n) is 7.20. The van der Waals surface area contributed by atoms with E-state index in [2.05, 4.69) is 0 Å². The van der Waals surface area contributed by atoms with E-state index in [0.29, 0.717) is 24.0 Å². The topological polar surface area (TPSA) is 44.8 Å². The predicted octanol–water partition coefficient (Wildman–Crippen LogP) is 3.87. The molecule has 2 aromatic rings. The lowest BCUT2D eigenvalue weighted by Crippen LogP contribution is -2.15. The van der Waals surface area contributed by atoms with Crippen LogP contribution in [0.15, 0.2) is 48.5 Å².